The molecule has 0 saturated heterocycles. The van der Waals surface area contributed by atoms with Gasteiger partial charge in [0.05, 0.1) is 16.9 Å². The number of aromatic nitrogens is 1. The third-order valence-electron chi connectivity index (χ3n) is 3.16. The molecule has 2 rings (SSSR count). The molecule has 1 aromatic carbocycles. The predicted molar refractivity (Wildman–Crippen MR) is 78.4 cm³/mol. The number of hydrogen-bond acceptors (Lipinski definition) is 5. The molecule has 6 nitrogen and oxygen atoms in total. The van der Waals surface area contributed by atoms with Crippen LogP contribution in [0.25, 0.3) is 10.9 Å². The van der Waals surface area contributed by atoms with Crippen molar-refractivity contribution in [2.75, 3.05) is 6.61 Å². The van der Waals surface area contributed by atoms with Gasteiger partial charge < -0.3 is 4.74 Å². The molecule has 0 aliphatic rings. The van der Waals surface area contributed by atoms with Crippen LogP contribution in [-0.2, 0) is 4.79 Å². The molecule has 0 aliphatic carbocycles. The maximum Gasteiger partial charge on any atom is 0.279 e. The molecule has 0 bridgehead atoms. The summed E-state index contributed by atoms with van der Waals surface area (Å²) in [7, 11) is 0. The number of ketones is 1. The van der Waals surface area contributed by atoms with Gasteiger partial charge in [0.25, 0.3) is 5.69 Å². The average molecular weight is 288 g/mol. The van der Waals surface area contributed by atoms with E-state index in [-0.39, 0.29) is 11.5 Å². The van der Waals surface area contributed by atoms with Crippen molar-refractivity contribution in [2.24, 2.45) is 0 Å². The van der Waals surface area contributed by atoms with Crippen LogP contribution in [-0.4, -0.2) is 22.3 Å². The number of rotatable bonds is 7. The van der Waals surface area contributed by atoms with E-state index in [1.807, 2.05) is 6.92 Å². The zero-order valence-corrected chi connectivity index (χ0v) is 11.7. The number of fused-ring (bicyclic) bond motifs is 1. The monoisotopic (exact) mass is 288 g/mol. The first-order valence-corrected chi connectivity index (χ1v) is 6.80. The number of hydrogen-bond donors (Lipinski definition) is 0. The van der Waals surface area contributed by atoms with E-state index in [0.717, 1.165) is 0 Å². The third kappa shape index (κ3) is 3.53. The zero-order valence-electron chi connectivity index (χ0n) is 11.7. The van der Waals surface area contributed by atoms with Crippen LogP contribution in [0.1, 0.15) is 26.2 Å². The minimum Gasteiger partial charge on any atom is -0.491 e. The van der Waals surface area contributed by atoms with Crippen molar-refractivity contribution in [3.05, 3.63) is 40.6 Å². The van der Waals surface area contributed by atoms with Gasteiger partial charge in [0.15, 0.2) is 0 Å². The van der Waals surface area contributed by atoms with Gasteiger partial charge in [-0.05, 0) is 24.6 Å². The quantitative estimate of drug-likeness (QED) is 0.443. The second-order valence-corrected chi connectivity index (χ2v) is 4.58. The number of non-ortho nitro benzene ring substituents is 1. The van der Waals surface area contributed by atoms with Crippen molar-refractivity contribution in [2.45, 2.75) is 26.2 Å². The van der Waals surface area contributed by atoms with Gasteiger partial charge in [-0.25, -0.2) is 0 Å². The van der Waals surface area contributed by atoms with Crippen LogP contribution >= 0.6 is 0 Å². The molecule has 21 heavy (non-hydrogen) atoms. The van der Waals surface area contributed by atoms with Crippen LogP contribution in [0.2, 0.25) is 0 Å². The number of pyridine rings is 1. The van der Waals surface area contributed by atoms with E-state index in [4.69, 9.17) is 4.74 Å². The van der Waals surface area contributed by atoms with Crippen LogP contribution in [0.4, 0.5) is 5.69 Å². The molecule has 0 N–H and O–H groups in total. The van der Waals surface area contributed by atoms with Crippen LogP contribution in [0.5, 0.6) is 5.75 Å². The lowest BCUT2D eigenvalue weighted by atomic mass is 10.1. The molecule has 0 spiro atoms. The summed E-state index contributed by atoms with van der Waals surface area (Å²) in [6.07, 6.45) is 3.20. The number of nitro benzene ring substituents is 1. The molecule has 0 aliphatic heterocycles. The van der Waals surface area contributed by atoms with Crippen LogP contribution in [0, 0.1) is 10.1 Å². The highest BCUT2D eigenvalue weighted by Gasteiger charge is 2.15. The van der Waals surface area contributed by atoms with Gasteiger partial charge in [0, 0.05) is 25.1 Å². The lowest BCUT2D eigenvalue weighted by Gasteiger charge is -2.08. The molecule has 0 fully saturated rings. The SMILES string of the molecule is CCC(=O)CCCOc1ccc([N+](=O)[O-])c2cccnc12. The van der Waals surface area contributed by atoms with E-state index in [2.05, 4.69) is 4.98 Å². The maximum absolute atomic E-state index is 11.2. The topological polar surface area (TPSA) is 82.3 Å². The van der Waals surface area contributed by atoms with Crippen molar-refractivity contribution < 1.29 is 14.5 Å². The first kappa shape index (κ1) is 14.9. The average Bonchev–Trinajstić information content (AvgIpc) is 2.50. The second kappa shape index (κ2) is 6.78. The Bertz CT molecular complexity index is 670. The highest BCUT2D eigenvalue weighted by Crippen LogP contribution is 2.31. The van der Waals surface area contributed by atoms with E-state index in [1.165, 1.54) is 6.07 Å². The minimum absolute atomic E-state index is 0.00612. The van der Waals surface area contributed by atoms with Crippen molar-refractivity contribution in [3.8, 4) is 5.75 Å². The summed E-state index contributed by atoms with van der Waals surface area (Å²) in [5.74, 6) is 0.699. The van der Waals surface area contributed by atoms with E-state index in [1.54, 1.807) is 24.4 Å². The van der Waals surface area contributed by atoms with Gasteiger partial charge in [-0.15, -0.1) is 0 Å². The Balaban J connectivity index is 2.16. The Morgan fingerprint density at radius 2 is 2.19 bits per heavy atom. The fourth-order valence-electron chi connectivity index (χ4n) is 2.04. The fraction of sp³-hybridized carbons (Fsp3) is 0.333. The Kier molecular flexibility index (Phi) is 4.81. The number of ether oxygens (including phenoxy) is 1. The number of carbonyl (C=O) groups excluding carboxylic acids is 1. The van der Waals surface area contributed by atoms with Gasteiger partial charge in [0.2, 0.25) is 0 Å². The summed E-state index contributed by atoms with van der Waals surface area (Å²) in [6.45, 7) is 2.21. The molecule has 0 amide bonds. The molecule has 6 heteroatoms. The fourth-order valence-corrected chi connectivity index (χ4v) is 2.04. The minimum atomic E-state index is -0.437. The molecule has 0 atom stereocenters. The Morgan fingerprint density at radius 3 is 2.90 bits per heavy atom. The predicted octanol–water partition coefficient (Wildman–Crippen LogP) is 3.28. The van der Waals surface area contributed by atoms with E-state index in [0.29, 0.717) is 42.5 Å². The second-order valence-electron chi connectivity index (χ2n) is 4.58. The lowest BCUT2D eigenvalue weighted by Crippen LogP contribution is -2.03. The zero-order chi connectivity index (χ0) is 15.2. The molecule has 0 unspecified atom stereocenters. The molecule has 1 aromatic heterocycles. The molecule has 110 valence electrons. The largest absolute Gasteiger partial charge is 0.491 e. The highest BCUT2D eigenvalue weighted by atomic mass is 16.6. The van der Waals surface area contributed by atoms with Gasteiger partial charge in [-0.1, -0.05) is 6.92 Å². The van der Waals surface area contributed by atoms with Crippen molar-refractivity contribution in [1.29, 1.82) is 0 Å². The number of benzene rings is 1. The summed E-state index contributed by atoms with van der Waals surface area (Å²) < 4.78 is 5.61. The van der Waals surface area contributed by atoms with Crippen molar-refractivity contribution >= 4 is 22.4 Å². The standard InChI is InChI=1S/C15H16N2O4/c1-2-11(18)5-4-10-21-14-8-7-13(17(19)20)12-6-3-9-16-15(12)14/h3,6-9H,2,4-5,10H2,1H3. The Labute approximate surface area is 121 Å². The smallest absolute Gasteiger partial charge is 0.279 e. The first-order valence-electron chi connectivity index (χ1n) is 6.80. The highest BCUT2D eigenvalue weighted by molar-refractivity contribution is 5.92. The van der Waals surface area contributed by atoms with E-state index in [9.17, 15) is 14.9 Å². The van der Waals surface area contributed by atoms with Gasteiger partial charge in [0.1, 0.15) is 17.0 Å². The number of carbonyl (C=O) groups is 1. The van der Waals surface area contributed by atoms with Crippen LogP contribution < -0.4 is 4.74 Å². The van der Waals surface area contributed by atoms with Crippen LogP contribution in [0.15, 0.2) is 30.5 Å². The summed E-state index contributed by atoms with van der Waals surface area (Å²) in [6, 6.07) is 6.26. The third-order valence-corrected chi connectivity index (χ3v) is 3.16. The normalized spacial score (nSPS) is 10.5. The first-order chi connectivity index (χ1) is 10.1. The van der Waals surface area contributed by atoms with Crippen molar-refractivity contribution in [1.82, 2.24) is 4.98 Å². The lowest BCUT2D eigenvalue weighted by molar-refractivity contribution is -0.383. The number of nitrogens with zero attached hydrogens (tertiary/aromatic N) is 2. The van der Waals surface area contributed by atoms with E-state index >= 15 is 0 Å². The number of nitro groups is 1. The Morgan fingerprint density at radius 1 is 1.38 bits per heavy atom. The molecular formula is C15H16N2O4. The Hall–Kier alpha value is -2.50. The van der Waals surface area contributed by atoms with Crippen LogP contribution in [0.3, 0.4) is 0 Å². The summed E-state index contributed by atoms with van der Waals surface area (Å²) in [5, 5.41) is 11.4. The van der Waals surface area contributed by atoms with Crippen molar-refractivity contribution in [3.63, 3.8) is 0 Å². The molecule has 0 saturated carbocycles. The summed E-state index contributed by atoms with van der Waals surface area (Å²) >= 11 is 0. The molecule has 2 aromatic rings. The molecular weight excluding hydrogens is 272 g/mol. The number of Topliss-reactive ketones (excluding diaryl/α,β-unsaturated/α-hetero) is 1. The van der Waals surface area contributed by atoms with E-state index < -0.39 is 4.92 Å². The molecule has 0 radical (unpaired) electrons. The van der Waals surface area contributed by atoms with Gasteiger partial charge in [-0.3, -0.25) is 19.9 Å². The maximum atomic E-state index is 11.2. The van der Waals surface area contributed by atoms with Gasteiger partial charge >= 0.3 is 0 Å². The summed E-state index contributed by atoms with van der Waals surface area (Å²) in [5.41, 5.74) is 0.472. The molecule has 1 heterocycles. The summed E-state index contributed by atoms with van der Waals surface area (Å²) in [4.78, 5) is 25.9. The van der Waals surface area contributed by atoms with Gasteiger partial charge in [-0.2, -0.15) is 0 Å².